The first-order valence-corrected chi connectivity index (χ1v) is 46.0. The zero-order valence-electron chi connectivity index (χ0n) is 79.7. The maximum atomic E-state index is 14.8. The predicted molar refractivity (Wildman–Crippen MR) is 501 cm³/mol. The number of aromatic amines is 3. The van der Waals surface area contributed by atoms with E-state index in [2.05, 4.69) is 128 Å². The maximum absolute atomic E-state index is 14.8. The predicted octanol–water partition coefficient (Wildman–Crippen LogP) is -4.69. The molecule has 16 atom stereocenters. The van der Waals surface area contributed by atoms with Crippen LogP contribution in [0.1, 0.15) is 185 Å². The minimum absolute atomic E-state index is 0.0102. The molecule has 0 saturated carbocycles. The number of imidazole rings is 2. The van der Waals surface area contributed by atoms with Gasteiger partial charge in [0.25, 0.3) is 0 Å². The molecular formula is C88H140N26O21S. The molecule has 47 nitrogen and oxygen atoms in total. The van der Waals surface area contributed by atoms with Crippen LogP contribution in [0.25, 0.3) is 10.9 Å². The minimum Gasteiger partial charge on any atom is -0.480 e. The number of carboxylic acids is 1. The Morgan fingerprint density at radius 3 is 1.14 bits per heavy atom. The Bertz CT molecular complexity index is 4720. The third kappa shape index (κ3) is 41.0. The number of unbranched alkanes of at least 4 members (excludes halogenated alkanes) is 1. The van der Waals surface area contributed by atoms with Crippen LogP contribution < -0.4 is 113 Å². The fourth-order valence-corrected chi connectivity index (χ4v) is 14.3. The first-order valence-electron chi connectivity index (χ1n) is 45.3. The van der Waals surface area contributed by atoms with E-state index in [1.807, 2.05) is 24.3 Å². The number of hydrogen-bond donors (Lipinski definition) is 26. The summed E-state index contributed by atoms with van der Waals surface area (Å²) in [6.07, 6.45) is 5.68. The van der Waals surface area contributed by atoms with E-state index in [-0.39, 0.29) is 93.9 Å². The van der Waals surface area contributed by atoms with Crippen molar-refractivity contribution in [2.75, 3.05) is 25.4 Å². The molecule has 754 valence electrons. The zero-order valence-corrected chi connectivity index (χ0v) is 80.6. The molecule has 0 aliphatic carbocycles. The fraction of sp³-hybridized carbons (Fsp3) is 0.614. The summed E-state index contributed by atoms with van der Waals surface area (Å²) in [6.45, 7) is 23.2. The Hall–Kier alpha value is -13.1. The lowest BCUT2D eigenvalue weighted by molar-refractivity contribution is -0.142. The van der Waals surface area contributed by atoms with Crippen LogP contribution in [0.2, 0.25) is 0 Å². The second-order valence-corrected chi connectivity index (χ2v) is 36.5. The number of primary amides is 2. The molecule has 136 heavy (non-hydrogen) atoms. The molecule has 0 spiro atoms. The zero-order chi connectivity index (χ0) is 102. The molecule has 0 fully saturated rings. The van der Waals surface area contributed by atoms with Crippen LogP contribution >= 0.6 is 12.6 Å². The molecule has 3 heterocycles. The van der Waals surface area contributed by atoms with Gasteiger partial charge in [0, 0.05) is 59.5 Å². The molecule has 3 aromatic heterocycles. The van der Waals surface area contributed by atoms with Gasteiger partial charge in [-0.15, -0.1) is 0 Å². The first kappa shape index (κ1) is 115. The third-order valence-electron chi connectivity index (χ3n) is 21.2. The summed E-state index contributed by atoms with van der Waals surface area (Å²) < 4.78 is 0. The van der Waals surface area contributed by atoms with Gasteiger partial charge in [0.05, 0.1) is 44.6 Å². The van der Waals surface area contributed by atoms with Crippen LogP contribution in [0.15, 0.2) is 55.5 Å². The Balaban J connectivity index is 1.45. The van der Waals surface area contributed by atoms with Gasteiger partial charge in [0.1, 0.15) is 90.6 Å². The Labute approximate surface area is 794 Å². The molecule has 4 aromatic rings. The number of nitrogens with zero attached hydrogens (tertiary/aromatic N) is 2. The second kappa shape index (κ2) is 57.5. The molecule has 4 rings (SSSR count). The summed E-state index contributed by atoms with van der Waals surface area (Å²) in [5.74, 6) is -21.2. The van der Waals surface area contributed by atoms with Crippen molar-refractivity contribution < 1.29 is 101 Å². The van der Waals surface area contributed by atoms with Gasteiger partial charge < -0.3 is 133 Å². The number of nitrogens with one attached hydrogen (secondary N) is 20. The Morgan fingerprint density at radius 2 is 0.721 bits per heavy atom. The number of carboxylic acid groups (broad SMARTS) is 1. The number of carbonyl (C=O) groups excluding carboxylic acids is 19. The molecule has 0 aliphatic rings. The summed E-state index contributed by atoms with van der Waals surface area (Å²) in [7, 11) is 0. The van der Waals surface area contributed by atoms with Gasteiger partial charge in [0.2, 0.25) is 112 Å². The third-order valence-corrected chi connectivity index (χ3v) is 21.6. The van der Waals surface area contributed by atoms with Crippen LogP contribution in [-0.4, -0.2) is 270 Å². The van der Waals surface area contributed by atoms with Crippen molar-refractivity contribution in [3.63, 3.8) is 0 Å². The lowest BCUT2D eigenvalue weighted by Gasteiger charge is -2.28. The van der Waals surface area contributed by atoms with Crippen LogP contribution in [-0.2, 0) is 115 Å². The average Bonchev–Trinajstić information content (AvgIpc) is 1.67. The number of aliphatic carboxylic acids is 1. The van der Waals surface area contributed by atoms with Crippen LogP contribution in [0.3, 0.4) is 0 Å². The van der Waals surface area contributed by atoms with E-state index < -0.39 is 252 Å². The molecule has 0 unspecified atom stereocenters. The molecule has 0 saturated heterocycles. The SMILES string of the molecule is CC(C)C[C@H](NC(=O)CNC(=O)[C@H](Cc1cnc[nH]1)NC(=O)[C@H](Cc1cnc[nH]1)NC(=O)[C@H](CC(C)C)NC(=O)[C@H](CC(C)C)NC(=O)[C@H](C)NC(=O)[C@H](CC(N)=O)NC(=O)[C@H](CC(C)C)NC(=O)[C@@H](N)Cc1c[nH]c2ccccc12)C(=O)N[C@@H](CC(N)=O)C(=O)N[C@@H](CS)C(=O)N[C@@H](C)C(=O)N[C@@H](CCCCN)C(=O)NCC(=O)N[C@H](C(=O)N[C@@H](CC(C)C)C(=O)N[C@@H](C)C(=O)O)C(C)C. The average molecular weight is 1930 g/mol. The van der Waals surface area contributed by atoms with Crippen LogP contribution in [0.5, 0.6) is 0 Å². The van der Waals surface area contributed by atoms with Gasteiger partial charge in [0.15, 0.2) is 0 Å². The number of para-hydroxylation sites is 1. The number of H-pyrrole nitrogens is 3. The number of fused-ring (bicyclic) bond motifs is 1. The quantitative estimate of drug-likeness (QED) is 0.0146. The van der Waals surface area contributed by atoms with Crippen LogP contribution in [0.4, 0.5) is 0 Å². The largest absolute Gasteiger partial charge is 0.480 e. The van der Waals surface area contributed by atoms with Gasteiger partial charge in [-0.3, -0.25) is 95.9 Å². The van der Waals surface area contributed by atoms with Gasteiger partial charge in [-0.2, -0.15) is 12.6 Å². The van der Waals surface area contributed by atoms with Gasteiger partial charge >= 0.3 is 5.97 Å². The highest BCUT2D eigenvalue weighted by Gasteiger charge is 2.40. The fourth-order valence-electron chi connectivity index (χ4n) is 14.1. The van der Waals surface area contributed by atoms with Crippen molar-refractivity contribution in [3.05, 3.63) is 72.5 Å². The Morgan fingerprint density at radius 1 is 0.375 bits per heavy atom. The van der Waals surface area contributed by atoms with Crippen molar-refractivity contribution in [1.82, 2.24) is 115 Å². The first-order chi connectivity index (χ1) is 63.9. The van der Waals surface area contributed by atoms with E-state index in [4.69, 9.17) is 22.9 Å². The molecular weight excluding hydrogens is 1790 g/mol. The molecule has 0 aliphatic heterocycles. The topological polar surface area (TPSA) is 743 Å². The van der Waals surface area contributed by atoms with E-state index >= 15 is 0 Å². The van der Waals surface area contributed by atoms with Crippen LogP contribution in [0, 0.1) is 35.5 Å². The van der Waals surface area contributed by atoms with E-state index in [1.54, 1.807) is 89.3 Å². The monoisotopic (exact) mass is 1930 g/mol. The van der Waals surface area contributed by atoms with E-state index in [0.717, 1.165) is 16.5 Å². The summed E-state index contributed by atoms with van der Waals surface area (Å²) in [5.41, 5.74) is 25.4. The van der Waals surface area contributed by atoms with Gasteiger partial charge in [-0.05, 0) is 132 Å². The van der Waals surface area contributed by atoms with Gasteiger partial charge in [-0.25, -0.2) is 9.97 Å². The van der Waals surface area contributed by atoms with Crippen molar-refractivity contribution >= 4 is 142 Å². The molecule has 0 bridgehead atoms. The summed E-state index contributed by atoms with van der Waals surface area (Å²) in [4.78, 5) is 291. The van der Waals surface area contributed by atoms with E-state index in [1.165, 1.54) is 45.8 Å². The highest BCUT2D eigenvalue weighted by Crippen LogP contribution is 2.21. The van der Waals surface area contributed by atoms with Crippen molar-refractivity contribution in [3.8, 4) is 0 Å². The molecule has 1 aromatic carbocycles. The number of carbonyl (C=O) groups is 20. The number of amides is 19. The van der Waals surface area contributed by atoms with Gasteiger partial charge in [-0.1, -0.05) is 101 Å². The number of aromatic nitrogens is 5. The van der Waals surface area contributed by atoms with Crippen molar-refractivity contribution in [2.24, 2.45) is 58.4 Å². The number of nitrogens with two attached hydrogens (primary N) is 4. The second-order valence-electron chi connectivity index (χ2n) is 36.2. The molecule has 0 radical (unpaired) electrons. The summed E-state index contributed by atoms with van der Waals surface area (Å²) in [6, 6.07) is -15.3. The van der Waals surface area contributed by atoms with Crippen molar-refractivity contribution in [2.45, 2.75) is 284 Å². The Kier molecular flexibility index (Phi) is 48.7. The highest BCUT2D eigenvalue weighted by molar-refractivity contribution is 7.80. The number of thiol groups is 1. The lowest BCUT2D eigenvalue weighted by Crippen LogP contribution is -2.61. The van der Waals surface area contributed by atoms with E-state index in [0.29, 0.717) is 24.2 Å². The minimum atomic E-state index is -1.82. The van der Waals surface area contributed by atoms with Crippen molar-refractivity contribution in [1.29, 1.82) is 0 Å². The smallest absolute Gasteiger partial charge is 0.325 e. The number of hydrogen-bond acceptors (Lipinski definition) is 25. The normalized spacial score (nSPS) is 14.9. The number of rotatable bonds is 61. The maximum Gasteiger partial charge on any atom is 0.325 e. The lowest BCUT2D eigenvalue weighted by atomic mass is 9.99. The molecule has 19 amide bonds. The van der Waals surface area contributed by atoms with E-state index in [9.17, 15) is 101 Å². The standard InChI is InChI=1S/C88H140N26O21S/c1-42(2)24-58(80(126)111-66(33-69(92)116)85(131)113-67(39-136)86(132)101-48(13)73(119)104-57(22-18-19-23-89)76(122)96-38-71(118)114-72(47(11)12)87(133)112-59(25-43(3)4)78(124)102-50(15)88(134)135)103-70(117)37-97-77(123)63(30-52-35-93-40-98-52)108-84(130)64(31-53-36-94-41-99-53)109-83(129)62(28-46(9)10)107-81(127)60(26-44(5)6)105-74(120)49(14)100-79(125)65(32-68(91)115)110-82(128)61(27-45(7)8)106-75(121)55(90)29-51-34-95-56-21-17-16-20-54(51)56/h16-17,20-21,34-36,40-50,55,57-67,72,95,136H,18-19,22-33,37-39,89-90H2,1-15H3,(H2,91,115)(H2,92,116)(H,93,98)(H,94,99)(H,96,122)(H,97,123)(H,100,125)(H,101,132)(H,102,124)(H,103,117)(H,104,119)(H,105,120)(H,106,121)(H,107,127)(H,108,130)(H,109,129)(H,110,128)(H,111,126)(H,112,133)(H,113,131)(H,114,118)(H,134,135)/t48-,49-,50-,55-,57-,58-,59-,60-,61-,62-,63-,64-,65-,66-,67-,72-/m0/s1. The summed E-state index contributed by atoms with van der Waals surface area (Å²) in [5, 5.41) is 53.0. The highest BCUT2D eigenvalue weighted by atomic mass is 32.1. The molecule has 29 N–H and O–H groups in total. The summed E-state index contributed by atoms with van der Waals surface area (Å²) >= 11 is 4.22. The molecule has 48 heteroatoms. The number of benzene rings is 1.